The zero-order valence-corrected chi connectivity index (χ0v) is 13.2. The van der Waals surface area contributed by atoms with Crippen molar-refractivity contribution in [2.75, 3.05) is 5.73 Å². The van der Waals surface area contributed by atoms with Crippen molar-refractivity contribution in [3.63, 3.8) is 0 Å². The van der Waals surface area contributed by atoms with Gasteiger partial charge < -0.3 is 10.3 Å². The molecule has 0 saturated carbocycles. The Hall–Kier alpha value is -1.52. The lowest BCUT2D eigenvalue weighted by Crippen LogP contribution is -2.10. The molecule has 0 fully saturated rings. The van der Waals surface area contributed by atoms with E-state index < -0.39 is 0 Å². The number of nitrogen functional groups attached to an aromatic ring is 1. The summed E-state index contributed by atoms with van der Waals surface area (Å²) in [6.07, 6.45) is 0. The van der Waals surface area contributed by atoms with Crippen LogP contribution in [0.1, 0.15) is 18.5 Å². The highest BCUT2D eigenvalue weighted by atomic mass is 79.9. The number of anilines is 1. The number of halogens is 2. The number of nitrogens with two attached hydrogens (primary N) is 1. The second kappa shape index (κ2) is 5.11. The molecule has 0 radical (unpaired) electrons. The number of imidazole rings is 1. The van der Waals surface area contributed by atoms with Crippen LogP contribution in [0.4, 0.5) is 5.95 Å². The van der Waals surface area contributed by atoms with Crippen molar-refractivity contribution in [2.45, 2.75) is 13.0 Å². The van der Waals surface area contributed by atoms with Gasteiger partial charge in [0.15, 0.2) is 0 Å². The van der Waals surface area contributed by atoms with E-state index in [0.717, 1.165) is 26.1 Å². The lowest BCUT2D eigenvalue weighted by Gasteiger charge is -2.17. The molecule has 3 aromatic rings. The molecule has 0 bridgehead atoms. The first-order valence-corrected chi connectivity index (χ1v) is 7.42. The Labute approximate surface area is 130 Å². The average Bonchev–Trinajstić information content (AvgIpc) is 2.74. The smallest absolute Gasteiger partial charge is 0.201 e. The normalized spacial score (nSPS) is 12.8. The molecular formula is C15H13BrClN3. The van der Waals surface area contributed by atoms with Gasteiger partial charge in [-0.2, -0.15) is 0 Å². The van der Waals surface area contributed by atoms with Gasteiger partial charge in [0.05, 0.1) is 17.1 Å². The molecule has 0 aliphatic rings. The molecule has 3 rings (SSSR count). The number of hydrogen-bond acceptors (Lipinski definition) is 2. The van der Waals surface area contributed by atoms with Gasteiger partial charge in [0.1, 0.15) is 0 Å². The highest BCUT2D eigenvalue weighted by Gasteiger charge is 2.17. The molecule has 0 amide bonds. The van der Waals surface area contributed by atoms with Crippen LogP contribution >= 0.6 is 27.5 Å². The molecule has 0 spiro atoms. The highest BCUT2D eigenvalue weighted by Crippen LogP contribution is 2.31. The Kier molecular flexibility index (Phi) is 3.44. The minimum atomic E-state index is 0.0167. The number of hydrogen-bond donors (Lipinski definition) is 1. The van der Waals surface area contributed by atoms with Gasteiger partial charge >= 0.3 is 0 Å². The molecule has 1 aromatic heterocycles. The van der Waals surface area contributed by atoms with Crippen LogP contribution < -0.4 is 5.73 Å². The summed E-state index contributed by atoms with van der Waals surface area (Å²) in [7, 11) is 0. The largest absolute Gasteiger partial charge is 0.369 e. The third-order valence-corrected chi connectivity index (χ3v) is 4.26. The third-order valence-electron chi connectivity index (χ3n) is 3.42. The van der Waals surface area contributed by atoms with Gasteiger partial charge in [0, 0.05) is 9.50 Å². The Morgan fingerprint density at radius 3 is 2.75 bits per heavy atom. The van der Waals surface area contributed by atoms with Crippen molar-refractivity contribution in [3.05, 3.63) is 57.5 Å². The standard InChI is InChI=1S/C15H13BrClN3/c1-9(11-4-2-3-5-12(11)17)20-14-8-10(16)6-7-13(14)19-15(20)18/h2-9H,1H3,(H2,18,19). The topological polar surface area (TPSA) is 43.8 Å². The molecule has 102 valence electrons. The molecule has 2 N–H and O–H groups in total. The third kappa shape index (κ3) is 2.19. The highest BCUT2D eigenvalue weighted by molar-refractivity contribution is 9.10. The minimum Gasteiger partial charge on any atom is -0.369 e. The minimum absolute atomic E-state index is 0.0167. The van der Waals surface area contributed by atoms with Gasteiger partial charge in [-0.1, -0.05) is 45.7 Å². The number of nitrogens with zero attached hydrogens (tertiary/aromatic N) is 2. The van der Waals surface area contributed by atoms with Crippen molar-refractivity contribution >= 4 is 44.5 Å². The fourth-order valence-electron chi connectivity index (χ4n) is 2.44. The summed E-state index contributed by atoms with van der Waals surface area (Å²) < 4.78 is 3.00. The van der Waals surface area contributed by atoms with E-state index in [1.54, 1.807) is 0 Å². The van der Waals surface area contributed by atoms with E-state index in [1.807, 2.05) is 47.0 Å². The Balaban J connectivity index is 2.21. The molecule has 1 unspecified atom stereocenters. The van der Waals surface area contributed by atoms with Crippen LogP contribution in [-0.2, 0) is 0 Å². The summed E-state index contributed by atoms with van der Waals surface area (Å²) >= 11 is 9.77. The van der Waals surface area contributed by atoms with Crippen molar-refractivity contribution in [1.29, 1.82) is 0 Å². The maximum absolute atomic E-state index is 6.29. The summed E-state index contributed by atoms with van der Waals surface area (Å²) in [5, 5.41) is 0.733. The molecule has 5 heteroatoms. The van der Waals surface area contributed by atoms with E-state index >= 15 is 0 Å². The summed E-state index contributed by atoms with van der Waals surface area (Å²) in [6.45, 7) is 2.07. The lowest BCUT2D eigenvalue weighted by atomic mass is 10.1. The van der Waals surface area contributed by atoms with Crippen LogP contribution in [0.5, 0.6) is 0 Å². The van der Waals surface area contributed by atoms with Gasteiger partial charge in [0.25, 0.3) is 0 Å². The predicted molar refractivity (Wildman–Crippen MR) is 87.1 cm³/mol. The van der Waals surface area contributed by atoms with Gasteiger partial charge in [-0.3, -0.25) is 0 Å². The summed E-state index contributed by atoms with van der Waals surface area (Å²) in [4.78, 5) is 4.41. The Bertz CT molecular complexity index is 782. The monoisotopic (exact) mass is 349 g/mol. The predicted octanol–water partition coefficient (Wildman–Crippen LogP) is 4.64. The van der Waals surface area contributed by atoms with Crippen LogP contribution in [0.15, 0.2) is 46.9 Å². The maximum atomic E-state index is 6.29. The first-order chi connectivity index (χ1) is 9.58. The summed E-state index contributed by atoms with van der Waals surface area (Å²) in [5.74, 6) is 0.491. The fraction of sp³-hybridized carbons (Fsp3) is 0.133. The van der Waals surface area contributed by atoms with E-state index in [2.05, 4.69) is 27.8 Å². The summed E-state index contributed by atoms with van der Waals surface area (Å²) in [6, 6.07) is 13.7. The number of rotatable bonds is 2. The molecule has 20 heavy (non-hydrogen) atoms. The van der Waals surface area contributed by atoms with Crippen molar-refractivity contribution in [2.24, 2.45) is 0 Å². The lowest BCUT2D eigenvalue weighted by molar-refractivity contribution is 0.668. The molecule has 0 aliphatic heterocycles. The van der Waals surface area contributed by atoms with Gasteiger partial charge in [-0.25, -0.2) is 4.98 Å². The SMILES string of the molecule is CC(c1ccccc1Cl)n1c(N)nc2ccc(Br)cc21. The fourth-order valence-corrected chi connectivity index (χ4v) is 3.09. The van der Waals surface area contributed by atoms with Crippen LogP contribution in [0.2, 0.25) is 5.02 Å². The summed E-state index contributed by atoms with van der Waals surface area (Å²) in [5.41, 5.74) is 8.98. The molecular weight excluding hydrogens is 338 g/mol. The molecule has 1 heterocycles. The number of aromatic nitrogens is 2. The second-order valence-electron chi connectivity index (χ2n) is 4.67. The van der Waals surface area contributed by atoms with Gasteiger partial charge in [-0.15, -0.1) is 0 Å². The second-order valence-corrected chi connectivity index (χ2v) is 5.99. The number of benzene rings is 2. The Morgan fingerprint density at radius 1 is 1.25 bits per heavy atom. The maximum Gasteiger partial charge on any atom is 0.201 e. The van der Waals surface area contributed by atoms with Gasteiger partial charge in [-0.05, 0) is 36.8 Å². The van der Waals surface area contributed by atoms with E-state index in [9.17, 15) is 0 Å². The molecule has 0 saturated heterocycles. The zero-order valence-electron chi connectivity index (χ0n) is 10.8. The average molecular weight is 351 g/mol. The van der Waals surface area contributed by atoms with E-state index in [0.29, 0.717) is 5.95 Å². The molecule has 1 atom stereocenters. The van der Waals surface area contributed by atoms with E-state index in [4.69, 9.17) is 17.3 Å². The Morgan fingerprint density at radius 2 is 2.00 bits per heavy atom. The van der Waals surface area contributed by atoms with Crippen LogP contribution in [-0.4, -0.2) is 9.55 Å². The molecule has 0 aliphatic carbocycles. The zero-order chi connectivity index (χ0) is 14.3. The van der Waals surface area contributed by atoms with Crippen LogP contribution in [0, 0.1) is 0 Å². The molecule has 3 nitrogen and oxygen atoms in total. The van der Waals surface area contributed by atoms with E-state index in [-0.39, 0.29) is 6.04 Å². The number of fused-ring (bicyclic) bond motifs is 1. The van der Waals surface area contributed by atoms with E-state index in [1.165, 1.54) is 0 Å². The van der Waals surface area contributed by atoms with Crippen molar-refractivity contribution < 1.29 is 0 Å². The van der Waals surface area contributed by atoms with Gasteiger partial charge in [0.2, 0.25) is 5.95 Å². The quantitative estimate of drug-likeness (QED) is 0.731. The first kappa shape index (κ1) is 13.5. The van der Waals surface area contributed by atoms with Crippen LogP contribution in [0.3, 0.4) is 0 Å². The molecule has 2 aromatic carbocycles. The van der Waals surface area contributed by atoms with Crippen LogP contribution in [0.25, 0.3) is 11.0 Å². The first-order valence-electron chi connectivity index (χ1n) is 6.25. The van der Waals surface area contributed by atoms with Crippen molar-refractivity contribution in [3.8, 4) is 0 Å². The van der Waals surface area contributed by atoms with Crippen molar-refractivity contribution in [1.82, 2.24) is 9.55 Å².